The molecule has 0 spiro atoms. The molecule has 0 aliphatic rings. The van der Waals surface area contributed by atoms with Gasteiger partial charge in [0.2, 0.25) is 0 Å². The third kappa shape index (κ3) is 3.08. The first-order valence-corrected chi connectivity index (χ1v) is 5.02. The van der Waals surface area contributed by atoms with Crippen molar-refractivity contribution in [2.45, 2.75) is 6.61 Å². The largest absolute Gasteiger partial charge is 0.493 e. The first kappa shape index (κ1) is 12.3. The van der Waals surface area contributed by atoms with E-state index < -0.39 is 6.61 Å². The van der Waals surface area contributed by atoms with Crippen molar-refractivity contribution in [2.24, 2.45) is 0 Å². The highest BCUT2D eigenvalue weighted by Crippen LogP contribution is 2.36. The zero-order valence-electron chi connectivity index (χ0n) is 8.09. The molecular formula is C9H9F2IO3. The molecule has 15 heavy (non-hydrogen) atoms. The Balaban J connectivity index is 3.08. The Morgan fingerprint density at radius 2 is 1.87 bits per heavy atom. The van der Waals surface area contributed by atoms with Crippen molar-refractivity contribution in [3.63, 3.8) is 0 Å². The van der Waals surface area contributed by atoms with Crippen LogP contribution in [0.25, 0.3) is 0 Å². The summed E-state index contributed by atoms with van der Waals surface area (Å²) in [6, 6.07) is 2.81. The van der Waals surface area contributed by atoms with E-state index in [2.05, 4.69) is 4.74 Å². The Labute approximate surface area is 99.5 Å². The summed E-state index contributed by atoms with van der Waals surface area (Å²) in [5, 5.41) is 0. The summed E-state index contributed by atoms with van der Waals surface area (Å²) in [6.45, 7) is -2.85. The molecule has 1 aromatic carbocycles. The van der Waals surface area contributed by atoms with Crippen molar-refractivity contribution >= 4 is 22.6 Å². The molecule has 0 unspecified atom stereocenters. The summed E-state index contributed by atoms with van der Waals surface area (Å²) in [4.78, 5) is 0. The number of methoxy groups -OCH3 is 2. The lowest BCUT2D eigenvalue weighted by atomic mass is 10.3. The van der Waals surface area contributed by atoms with Crippen LogP contribution >= 0.6 is 22.6 Å². The van der Waals surface area contributed by atoms with Crippen molar-refractivity contribution in [1.29, 1.82) is 0 Å². The summed E-state index contributed by atoms with van der Waals surface area (Å²) in [6.07, 6.45) is 0. The van der Waals surface area contributed by atoms with Gasteiger partial charge in [0.15, 0.2) is 11.5 Å². The molecule has 0 fully saturated rings. The van der Waals surface area contributed by atoms with Crippen LogP contribution in [0.4, 0.5) is 8.78 Å². The lowest BCUT2D eigenvalue weighted by Gasteiger charge is -2.12. The quantitative estimate of drug-likeness (QED) is 0.795. The van der Waals surface area contributed by atoms with Gasteiger partial charge in [-0.05, 0) is 28.7 Å². The number of hydrogen-bond donors (Lipinski definition) is 0. The van der Waals surface area contributed by atoms with Crippen LogP contribution in [0.3, 0.4) is 0 Å². The molecule has 1 aromatic rings. The Hall–Kier alpha value is -0.790. The van der Waals surface area contributed by atoms with Crippen LogP contribution in [0, 0.1) is 3.57 Å². The predicted octanol–water partition coefficient (Wildman–Crippen LogP) is 2.91. The Morgan fingerprint density at radius 3 is 2.33 bits per heavy atom. The molecule has 0 bridgehead atoms. The Morgan fingerprint density at radius 1 is 1.20 bits per heavy atom. The number of ether oxygens (including phenoxy) is 3. The van der Waals surface area contributed by atoms with Crippen LogP contribution in [0.15, 0.2) is 12.1 Å². The first-order chi connectivity index (χ1) is 7.08. The van der Waals surface area contributed by atoms with E-state index in [-0.39, 0.29) is 5.75 Å². The van der Waals surface area contributed by atoms with Gasteiger partial charge >= 0.3 is 6.61 Å². The van der Waals surface area contributed by atoms with Crippen molar-refractivity contribution in [3.8, 4) is 17.2 Å². The predicted molar refractivity (Wildman–Crippen MR) is 58.9 cm³/mol. The van der Waals surface area contributed by atoms with Crippen LogP contribution in [0.1, 0.15) is 0 Å². The SMILES string of the molecule is COc1cc(OC(F)F)cc(I)c1OC. The molecule has 84 valence electrons. The maximum atomic E-state index is 12.0. The summed E-state index contributed by atoms with van der Waals surface area (Å²) in [5.74, 6) is 0.909. The number of hydrogen-bond acceptors (Lipinski definition) is 3. The topological polar surface area (TPSA) is 27.7 Å². The van der Waals surface area contributed by atoms with Crippen LogP contribution in [-0.4, -0.2) is 20.8 Å². The molecule has 0 aromatic heterocycles. The van der Waals surface area contributed by atoms with Gasteiger partial charge in [-0.1, -0.05) is 0 Å². The smallest absolute Gasteiger partial charge is 0.387 e. The van der Waals surface area contributed by atoms with Crippen LogP contribution in [0.2, 0.25) is 0 Å². The van der Waals surface area contributed by atoms with Gasteiger partial charge in [-0.15, -0.1) is 0 Å². The zero-order chi connectivity index (χ0) is 11.4. The molecule has 6 heteroatoms. The van der Waals surface area contributed by atoms with E-state index in [0.717, 1.165) is 0 Å². The highest BCUT2D eigenvalue weighted by molar-refractivity contribution is 14.1. The van der Waals surface area contributed by atoms with Crippen LogP contribution in [0.5, 0.6) is 17.2 Å². The molecule has 0 saturated heterocycles. The number of benzene rings is 1. The average Bonchev–Trinajstić information content (AvgIpc) is 2.15. The number of halogens is 3. The molecule has 0 aliphatic heterocycles. The van der Waals surface area contributed by atoms with E-state index in [9.17, 15) is 8.78 Å². The molecule has 3 nitrogen and oxygen atoms in total. The lowest BCUT2D eigenvalue weighted by Crippen LogP contribution is -2.03. The van der Waals surface area contributed by atoms with E-state index in [1.165, 1.54) is 26.4 Å². The fraction of sp³-hybridized carbons (Fsp3) is 0.333. The van der Waals surface area contributed by atoms with Crippen molar-refractivity contribution < 1.29 is 23.0 Å². The van der Waals surface area contributed by atoms with Crippen LogP contribution < -0.4 is 14.2 Å². The third-order valence-corrected chi connectivity index (χ3v) is 2.43. The highest BCUT2D eigenvalue weighted by atomic mass is 127. The van der Waals surface area contributed by atoms with Crippen molar-refractivity contribution in [3.05, 3.63) is 15.7 Å². The van der Waals surface area contributed by atoms with Gasteiger partial charge in [0.05, 0.1) is 17.8 Å². The standard InChI is InChI=1S/C9H9F2IO3/c1-13-7-4-5(15-9(10)11)3-6(12)8(7)14-2/h3-4,9H,1-2H3. The maximum absolute atomic E-state index is 12.0. The monoisotopic (exact) mass is 330 g/mol. The van der Waals surface area contributed by atoms with E-state index in [1.807, 2.05) is 22.6 Å². The molecule has 0 saturated carbocycles. The second-order valence-corrected chi connectivity index (χ2v) is 3.68. The maximum Gasteiger partial charge on any atom is 0.387 e. The molecular weight excluding hydrogens is 321 g/mol. The second-order valence-electron chi connectivity index (χ2n) is 2.52. The van der Waals surface area contributed by atoms with Gasteiger partial charge in [-0.3, -0.25) is 0 Å². The molecule has 0 radical (unpaired) electrons. The van der Waals surface area contributed by atoms with E-state index in [4.69, 9.17) is 9.47 Å². The van der Waals surface area contributed by atoms with Gasteiger partial charge < -0.3 is 14.2 Å². The Bertz CT molecular complexity index is 344. The highest BCUT2D eigenvalue weighted by Gasteiger charge is 2.13. The van der Waals surface area contributed by atoms with E-state index in [0.29, 0.717) is 15.1 Å². The fourth-order valence-electron chi connectivity index (χ4n) is 1.07. The summed E-state index contributed by atoms with van der Waals surface area (Å²) in [5.41, 5.74) is 0. The molecule has 0 atom stereocenters. The molecule has 0 N–H and O–H groups in total. The minimum atomic E-state index is -2.85. The van der Waals surface area contributed by atoms with Gasteiger partial charge in [0.25, 0.3) is 0 Å². The average molecular weight is 330 g/mol. The molecule has 0 amide bonds. The normalized spacial score (nSPS) is 10.3. The van der Waals surface area contributed by atoms with Gasteiger partial charge in [-0.25, -0.2) is 0 Å². The van der Waals surface area contributed by atoms with Crippen molar-refractivity contribution in [2.75, 3.05) is 14.2 Å². The molecule has 0 aliphatic carbocycles. The molecule has 0 heterocycles. The van der Waals surface area contributed by atoms with Gasteiger partial charge in [-0.2, -0.15) is 8.78 Å². The lowest BCUT2D eigenvalue weighted by molar-refractivity contribution is -0.0500. The van der Waals surface area contributed by atoms with E-state index in [1.54, 1.807) is 0 Å². The van der Waals surface area contributed by atoms with E-state index >= 15 is 0 Å². The summed E-state index contributed by atoms with van der Waals surface area (Å²) < 4.78 is 38.9. The third-order valence-electron chi connectivity index (χ3n) is 1.63. The minimum Gasteiger partial charge on any atom is -0.493 e. The fourth-order valence-corrected chi connectivity index (χ4v) is 1.86. The molecule has 1 rings (SSSR count). The number of alkyl halides is 2. The van der Waals surface area contributed by atoms with Gasteiger partial charge in [0, 0.05) is 6.07 Å². The first-order valence-electron chi connectivity index (χ1n) is 3.94. The summed E-state index contributed by atoms with van der Waals surface area (Å²) in [7, 11) is 2.91. The second kappa shape index (κ2) is 5.34. The minimum absolute atomic E-state index is 0.0482. The van der Waals surface area contributed by atoms with Crippen LogP contribution in [-0.2, 0) is 0 Å². The number of rotatable bonds is 4. The Kier molecular flexibility index (Phi) is 4.37. The van der Waals surface area contributed by atoms with Crippen molar-refractivity contribution in [1.82, 2.24) is 0 Å². The zero-order valence-corrected chi connectivity index (χ0v) is 10.2. The van der Waals surface area contributed by atoms with Gasteiger partial charge in [0.1, 0.15) is 5.75 Å². The summed E-state index contributed by atoms with van der Waals surface area (Å²) >= 11 is 1.95.